The van der Waals surface area contributed by atoms with Crippen LogP contribution in [0.15, 0.2) is 71.8 Å². The standard InChI is InChI=1S/C21H19N3O2/c1-2-15-8-4-6-13-19(15)23-20(25)21(26)24-22-14-17-11-7-10-16-9-3-5-12-18(16)17/h3-14H,2H2,1H3,(H,23,25)(H,24,26)/b22-14+. The molecule has 0 aromatic heterocycles. The second kappa shape index (κ2) is 8.07. The Morgan fingerprint density at radius 2 is 1.65 bits per heavy atom. The quantitative estimate of drug-likeness (QED) is 0.432. The highest BCUT2D eigenvalue weighted by Gasteiger charge is 2.14. The number of rotatable bonds is 4. The summed E-state index contributed by atoms with van der Waals surface area (Å²) in [7, 11) is 0. The Bertz CT molecular complexity index is 974. The number of benzene rings is 3. The third-order valence-electron chi connectivity index (χ3n) is 4.05. The van der Waals surface area contributed by atoms with E-state index >= 15 is 0 Å². The van der Waals surface area contributed by atoms with Crippen LogP contribution in [0.2, 0.25) is 0 Å². The number of amides is 2. The van der Waals surface area contributed by atoms with E-state index in [-0.39, 0.29) is 0 Å². The molecule has 0 fully saturated rings. The second-order valence-electron chi connectivity index (χ2n) is 5.73. The Morgan fingerprint density at radius 1 is 0.923 bits per heavy atom. The molecular formula is C21H19N3O2. The Labute approximate surface area is 151 Å². The molecule has 0 aliphatic heterocycles. The SMILES string of the molecule is CCc1ccccc1NC(=O)C(=O)N/N=C/c1cccc2ccccc12. The number of nitrogens with one attached hydrogen (secondary N) is 2. The number of hydrogen-bond acceptors (Lipinski definition) is 3. The normalized spacial score (nSPS) is 10.8. The van der Waals surface area contributed by atoms with Gasteiger partial charge in [-0.1, -0.05) is 67.6 Å². The lowest BCUT2D eigenvalue weighted by atomic mass is 10.1. The Morgan fingerprint density at radius 3 is 2.50 bits per heavy atom. The minimum absolute atomic E-state index is 0.633. The van der Waals surface area contributed by atoms with Crippen LogP contribution in [-0.4, -0.2) is 18.0 Å². The number of fused-ring (bicyclic) bond motifs is 1. The summed E-state index contributed by atoms with van der Waals surface area (Å²) in [6.07, 6.45) is 2.30. The number of hydrogen-bond donors (Lipinski definition) is 2. The lowest BCUT2D eigenvalue weighted by molar-refractivity contribution is -0.136. The molecule has 0 radical (unpaired) electrons. The number of carbonyl (C=O) groups is 2. The molecule has 0 unspecified atom stereocenters. The molecule has 5 heteroatoms. The zero-order chi connectivity index (χ0) is 18.4. The molecular weight excluding hydrogens is 326 g/mol. The summed E-state index contributed by atoms with van der Waals surface area (Å²) in [4.78, 5) is 24.0. The number of nitrogens with zero attached hydrogens (tertiary/aromatic N) is 1. The molecule has 3 aromatic rings. The van der Waals surface area contributed by atoms with Crippen LogP contribution in [0.4, 0.5) is 5.69 Å². The van der Waals surface area contributed by atoms with Crippen molar-refractivity contribution in [3.8, 4) is 0 Å². The fraction of sp³-hybridized carbons (Fsp3) is 0.0952. The highest BCUT2D eigenvalue weighted by Crippen LogP contribution is 2.17. The van der Waals surface area contributed by atoms with Crippen molar-refractivity contribution in [1.29, 1.82) is 0 Å². The minimum Gasteiger partial charge on any atom is -0.317 e. The molecule has 5 nitrogen and oxygen atoms in total. The van der Waals surface area contributed by atoms with Crippen LogP contribution in [0, 0.1) is 0 Å². The summed E-state index contributed by atoms with van der Waals surface area (Å²) in [5.74, 6) is -1.56. The van der Waals surface area contributed by atoms with Gasteiger partial charge in [-0.3, -0.25) is 9.59 Å². The van der Waals surface area contributed by atoms with Gasteiger partial charge >= 0.3 is 11.8 Å². The average molecular weight is 345 g/mol. The molecule has 2 N–H and O–H groups in total. The van der Waals surface area contributed by atoms with Gasteiger partial charge in [-0.05, 0) is 28.8 Å². The third kappa shape index (κ3) is 3.95. The topological polar surface area (TPSA) is 70.6 Å². The Kier molecular flexibility index (Phi) is 5.39. The van der Waals surface area contributed by atoms with Gasteiger partial charge in [0, 0.05) is 11.3 Å². The largest absolute Gasteiger partial charge is 0.329 e. The van der Waals surface area contributed by atoms with Crippen LogP contribution < -0.4 is 10.7 Å². The third-order valence-corrected chi connectivity index (χ3v) is 4.05. The first kappa shape index (κ1) is 17.4. The van der Waals surface area contributed by atoms with Gasteiger partial charge in [-0.25, -0.2) is 5.43 Å². The van der Waals surface area contributed by atoms with E-state index in [0.29, 0.717) is 5.69 Å². The van der Waals surface area contributed by atoms with Crippen molar-refractivity contribution >= 4 is 34.5 Å². The number of hydrazone groups is 1. The highest BCUT2D eigenvalue weighted by molar-refractivity contribution is 6.39. The van der Waals surface area contributed by atoms with Crippen molar-refractivity contribution < 1.29 is 9.59 Å². The van der Waals surface area contributed by atoms with Gasteiger partial charge in [0.15, 0.2) is 0 Å². The van der Waals surface area contributed by atoms with Gasteiger partial charge in [-0.15, -0.1) is 0 Å². The summed E-state index contributed by atoms with van der Waals surface area (Å²) in [5, 5.41) is 8.63. The van der Waals surface area contributed by atoms with Gasteiger partial charge in [0.1, 0.15) is 0 Å². The smallest absolute Gasteiger partial charge is 0.317 e. The highest BCUT2D eigenvalue weighted by atomic mass is 16.2. The summed E-state index contributed by atoms with van der Waals surface area (Å²) < 4.78 is 0. The average Bonchev–Trinajstić information content (AvgIpc) is 2.68. The molecule has 3 rings (SSSR count). The monoisotopic (exact) mass is 345 g/mol. The predicted octanol–water partition coefficient (Wildman–Crippen LogP) is 3.49. The summed E-state index contributed by atoms with van der Waals surface area (Å²) >= 11 is 0. The maximum absolute atomic E-state index is 12.0. The first-order valence-corrected chi connectivity index (χ1v) is 8.39. The lowest BCUT2D eigenvalue weighted by Gasteiger charge is -2.08. The van der Waals surface area contributed by atoms with E-state index in [1.54, 1.807) is 6.07 Å². The van der Waals surface area contributed by atoms with Crippen LogP contribution in [0.25, 0.3) is 10.8 Å². The van der Waals surface area contributed by atoms with Crippen LogP contribution in [-0.2, 0) is 16.0 Å². The molecule has 2 amide bonds. The van der Waals surface area contributed by atoms with Gasteiger partial charge in [0.2, 0.25) is 0 Å². The van der Waals surface area contributed by atoms with Gasteiger partial charge in [-0.2, -0.15) is 5.10 Å². The number of aryl methyl sites for hydroxylation is 1. The predicted molar refractivity (Wildman–Crippen MR) is 104 cm³/mol. The fourth-order valence-corrected chi connectivity index (χ4v) is 2.70. The zero-order valence-electron chi connectivity index (χ0n) is 14.4. The zero-order valence-corrected chi connectivity index (χ0v) is 14.4. The van der Waals surface area contributed by atoms with E-state index in [1.165, 1.54) is 6.21 Å². The van der Waals surface area contributed by atoms with Crippen molar-refractivity contribution in [2.24, 2.45) is 5.10 Å². The first-order chi connectivity index (χ1) is 12.7. The van der Waals surface area contributed by atoms with Crippen molar-refractivity contribution in [2.75, 3.05) is 5.32 Å². The summed E-state index contributed by atoms with van der Waals surface area (Å²) in [5.41, 5.74) is 4.73. The summed E-state index contributed by atoms with van der Waals surface area (Å²) in [6, 6.07) is 21.1. The van der Waals surface area contributed by atoms with Crippen LogP contribution in [0.5, 0.6) is 0 Å². The molecule has 0 aliphatic rings. The molecule has 26 heavy (non-hydrogen) atoms. The molecule has 0 aliphatic carbocycles. The van der Waals surface area contributed by atoms with Crippen molar-refractivity contribution in [2.45, 2.75) is 13.3 Å². The molecule has 0 heterocycles. The van der Waals surface area contributed by atoms with Gasteiger partial charge < -0.3 is 5.32 Å². The van der Waals surface area contributed by atoms with Gasteiger partial charge in [0.25, 0.3) is 0 Å². The molecule has 0 bridgehead atoms. The molecule has 3 aromatic carbocycles. The Hall–Kier alpha value is -3.47. The maximum Gasteiger partial charge on any atom is 0.329 e. The van der Waals surface area contributed by atoms with E-state index < -0.39 is 11.8 Å². The molecule has 0 atom stereocenters. The fourth-order valence-electron chi connectivity index (χ4n) is 2.70. The van der Waals surface area contributed by atoms with E-state index in [2.05, 4.69) is 15.8 Å². The van der Waals surface area contributed by atoms with E-state index in [1.807, 2.05) is 67.6 Å². The van der Waals surface area contributed by atoms with E-state index in [9.17, 15) is 9.59 Å². The number of anilines is 1. The summed E-state index contributed by atoms with van der Waals surface area (Å²) in [6.45, 7) is 1.99. The maximum atomic E-state index is 12.0. The lowest BCUT2D eigenvalue weighted by Crippen LogP contribution is -2.32. The Balaban J connectivity index is 1.66. The minimum atomic E-state index is -0.813. The second-order valence-corrected chi connectivity index (χ2v) is 5.73. The number of para-hydroxylation sites is 1. The van der Waals surface area contributed by atoms with Crippen molar-refractivity contribution in [1.82, 2.24) is 5.43 Å². The first-order valence-electron chi connectivity index (χ1n) is 8.39. The van der Waals surface area contributed by atoms with Gasteiger partial charge in [0.05, 0.1) is 6.21 Å². The van der Waals surface area contributed by atoms with Crippen LogP contribution in [0.3, 0.4) is 0 Å². The van der Waals surface area contributed by atoms with Crippen molar-refractivity contribution in [3.63, 3.8) is 0 Å². The molecule has 0 spiro atoms. The number of carbonyl (C=O) groups excluding carboxylic acids is 2. The van der Waals surface area contributed by atoms with E-state index in [4.69, 9.17) is 0 Å². The molecule has 130 valence electrons. The van der Waals surface area contributed by atoms with Crippen molar-refractivity contribution in [3.05, 3.63) is 77.9 Å². The molecule has 0 saturated heterocycles. The molecule has 0 saturated carbocycles. The van der Waals surface area contributed by atoms with Crippen LogP contribution in [0.1, 0.15) is 18.1 Å². The van der Waals surface area contributed by atoms with E-state index in [0.717, 1.165) is 28.3 Å². The van der Waals surface area contributed by atoms with Crippen LogP contribution >= 0.6 is 0 Å².